The third-order valence-electron chi connectivity index (χ3n) is 3.81. The Balaban J connectivity index is 1.80. The third kappa shape index (κ3) is 2.94. The molecule has 0 saturated carbocycles. The molecule has 2 heterocycles. The van der Waals surface area contributed by atoms with E-state index in [9.17, 15) is 14.7 Å². The maximum atomic E-state index is 11.4. The Kier molecular flexibility index (Phi) is 4.06. The first kappa shape index (κ1) is 14.9. The van der Waals surface area contributed by atoms with Gasteiger partial charge in [0, 0.05) is 30.0 Å². The normalized spacial score (nSPS) is 20.8. The number of carboxylic acids is 2. The zero-order valence-electron chi connectivity index (χ0n) is 11.7. The number of carboxylic acid groups (broad SMARTS) is 2. The first-order valence-electron chi connectivity index (χ1n) is 7.00. The topological polar surface area (TPSA) is 100 Å². The number of furan rings is 1. The molecule has 1 aromatic rings. The van der Waals surface area contributed by atoms with Crippen molar-refractivity contribution in [2.24, 2.45) is 4.99 Å². The van der Waals surface area contributed by atoms with Gasteiger partial charge >= 0.3 is 11.9 Å². The van der Waals surface area contributed by atoms with E-state index in [4.69, 9.17) is 9.52 Å². The molecule has 1 unspecified atom stereocenters. The van der Waals surface area contributed by atoms with E-state index in [-0.39, 0.29) is 22.3 Å². The van der Waals surface area contributed by atoms with Gasteiger partial charge in [-0.05, 0) is 24.5 Å². The molecule has 0 radical (unpaired) electrons. The number of carbonyl (C=O) groups is 2. The molecule has 6 nitrogen and oxygen atoms in total. The quantitative estimate of drug-likeness (QED) is 0.879. The van der Waals surface area contributed by atoms with Gasteiger partial charge in [0.1, 0.15) is 17.2 Å². The molecule has 2 N–H and O–H groups in total. The van der Waals surface area contributed by atoms with Crippen LogP contribution in [0, 0.1) is 0 Å². The lowest BCUT2D eigenvalue weighted by Crippen LogP contribution is -2.19. The monoisotopic (exact) mass is 321 g/mol. The highest BCUT2D eigenvalue weighted by Crippen LogP contribution is 2.31. The van der Waals surface area contributed by atoms with Crippen LogP contribution in [0.3, 0.4) is 0 Å². The molecule has 1 atom stereocenters. The van der Waals surface area contributed by atoms with Crippen molar-refractivity contribution in [2.75, 3.05) is 5.75 Å². The second kappa shape index (κ2) is 6.00. The van der Waals surface area contributed by atoms with Gasteiger partial charge in [-0.3, -0.25) is 4.99 Å². The Morgan fingerprint density at radius 2 is 2.14 bits per heavy atom. The summed E-state index contributed by atoms with van der Waals surface area (Å²) in [4.78, 5) is 26.2. The number of rotatable bonds is 4. The van der Waals surface area contributed by atoms with Crippen LogP contribution in [0.1, 0.15) is 23.5 Å². The van der Waals surface area contributed by atoms with E-state index in [0.29, 0.717) is 6.42 Å². The predicted molar refractivity (Wildman–Crippen MR) is 81.5 cm³/mol. The summed E-state index contributed by atoms with van der Waals surface area (Å²) >= 11 is 1.27. The number of thioether (sulfide) groups is 1. The number of hydrogen-bond donors (Lipinski definition) is 2. The maximum absolute atomic E-state index is 11.4. The summed E-state index contributed by atoms with van der Waals surface area (Å²) in [6.07, 6.45) is 4.62. The Hall–Kier alpha value is -2.02. The molecule has 1 aliphatic heterocycles. The number of aryl methyl sites for hydroxylation is 2. The zero-order chi connectivity index (χ0) is 15.7. The summed E-state index contributed by atoms with van der Waals surface area (Å²) in [6, 6.07) is 1.99. The fourth-order valence-corrected chi connectivity index (χ4v) is 3.87. The van der Waals surface area contributed by atoms with E-state index in [2.05, 4.69) is 4.99 Å². The molecule has 116 valence electrons. The molecule has 1 aliphatic carbocycles. The second-order valence-corrected chi connectivity index (χ2v) is 6.48. The minimum Gasteiger partial charge on any atom is -0.478 e. The minimum absolute atomic E-state index is 0.0341. The smallest absolute Gasteiger partial charge is 0.351 e. The van der Waals surface area contributed by atoms with Crippen LogP contribution in [-0.2, 0) is 28.9 Å². The van der Waals surface area contributed by atoms with Crippen LogP contribution < -0.4 is 0 Å². The van der Waals surface area contributed by atoms with Gasteiger partial charge in [-0.15, -0.1) is 11.8 Å². The summed E-state index contributed by atoms with van der Waals surface area (Å²) in [5.41, 5.74) is 1.28. The standard InChI is InChI=1S/C15H15NO5S/c17-14(18)10-6-16-11(15(19)20)7-22-13(10)5-9-4-8-2-1-3-12(8)21-9/h4,6,13H,1-3,5,7H2,(H,17,18)(H,19,20). The Bertz CT molecular complexity index is 667. The van der Waals surface area contributed by atoms with Crippen LogP contribution >= 0.6 is 11.8 Å². The van der Waals surface area contributed by atoms with Crippen LogP contribution in [0.4, 0.5) is 0 Å². The van der Waals surface area contributed by atoms with Crippen LogP contribution in [-0.4, -0.2) is 38.9 Å². The van der Waals surface area contributed by atoms with Crippen molar-refractivity contribution in [2.45, 2.75) is 30.9 Å². The van der Waals surface area contributed by atoms with E-state index in [1.165, 1.54) is 17.3 Å². The van der Waals surface area contributed by atoms with Gasteiger partial charge in [0.15, 0.2) is 0 Å². The highest BCUT2D eigenvalue weighted by molar-refractivity contribution is 8.00. The Morgan fingerprint density at radius 1 is 1.32 bits per heavy atom. The van der Waals surface area contributed by atoms with Gasteiger partial charge < -0.3 is 14.6 Å². The fraction of sp³-hybridized carbons (Fsp3) is 0.400. The van der Waals surface area contributed by atoms with Crippen molar-refractivity contribution < 1.29 is 24.2 Å². The molecular weight excluding hydrogens is 306 g/mol. The van der Waals surface area contributed by atoms with Crippen LogP contribution in [0.5, 0.6) is 0 Å². The highest BCUT2D eigenvalue weighted by Gasteiger charge is 2.28. The average molecular weight is 321 g/mol. The van der Waals surface area contributed by atoms with Crippen molar-refractivity contribution in [3.63, 3.8) is 0 Å². The number of aliphatic carboxylic acids is 2. The first-order chi connectivity index (χ1) is 10.5. The summed E-state index contributed by atoms with van der Waals surface area (Å²) in [5.74, 6) is -0.267. The average Bonchev–Trinajstić information content (AvgIpc) is 2.94. The molecule has 3 rings (SSSR count). The first-order valence-corrected chi connectivity index (χ1v) is 8.05. The molecule has 0 amide bonds. The SMILES string of the molecule is O=C(O)C1=CN=C(C(=O)O)CSC1Cc1cc2c(o1)CCC2. The van der Waals surface area contributed by atoms with Crippen LogP contribution in [0.2, 0.25) is 0 Å². The van der Waals surface area contributed by atoms with Gasteiger partial charge in [0.05, 0.1) is 5.57 Å². The minimum atomic E-state index is -1.12. The molecule has 0 spiro atoms. The van der Waals surface area contributed by atoms with Crippen LogP contribution in [0.15, 0.2) is 27.2 Å². The van der Waals surface area contributed by atoms with Gasteiger partial charge in [0.2, 0.25) is 0 Å². The maximum Gasteiger partial charge on any atom is 0.351 e. The van der Waals surface area contributed by atoms with Gasteiger partial charge in [-0.2, -0.15) is 0 Å². The van der Waals surface area contributed by atoms with Crippen molar-refractivity contribution >= 4 is 29.4 Å². The van der Waals surface area contributed by atoms with E-state index in [1.54, 1.807) is 0 Å². The summed E-state index contributed by atoms with van der Waals surface area (Å²) in [5, 5.41) is 18.0. The van der Waals surface area contributed by atoms with Gasteiger partial charge in [-0.1, -0.05) is 0 Å². The zero-order valence-corrected chi connectivity index (χ0v) is 12.6. The Morgan fingerprint density at radius 3 is 2.82 bits per heavy atom. The van der Waals surface area contributed by atoms with Gasteiger partial charge in [-0.25, -0.2) is 9.59 Å². The number of aliphatic imine (C=N–C) groups is 1. The lowest BCUT2D eigenvalue weighted by atomic mass is 10.1. The van der Waals surface area contributed by atoms with Crippen molar-refractivity contribution in [3.8, 4) is 0 Å². The summed E-state index contributed by atoms with van der Waals surface area (Å²) in [6.45, 7) is 0. The molecule has 0 saturated heterocycles. The molecular formula is C15H15NO5S. The van der Waals surface area contributed by atoms with Crippen molar-refractivity contribution in [1.29, 1.82) is 0 Å². The van der Waals surface area contributed by atoms with Gasteiger partial charge in [0.25, 0.3) is 0 Å². The molecule has 22 heavy (non-hydrogen) atoms. The summed E-state index contributed by atoms with van der Waals surface area (Å²) < 4.78 is 5.78. The van der Waals surface area contributed by atoms with Crippen molar-refractivity contribution in [1.82, 2.24) is 0 Å². The molecule has 0 aromatic carbocycles. The number of fused-ring (bicyclic) bond motifs is 1. The van der Waals surface area contributed by atoms with E-state index >= 15 is 0 Å². The number of nitrogens with zero attached hydrogens (tertiary/aromatic N) is 1. The molecule has 7 heteroatoms. The number of hydrogen-bond acceptors (Lipinski definition) is 5. The predicted octanol–water partition coefficient (Wildman–Crippen LogP) is 1.92. The molecule has 0 bridgehead atoms. The largest absolute Gasteiger partial charge is 0.478 e. The van der Waals surface area contributed by atoms with Crippen molar-refractivity contribution in [3.05, 3.63) is 34.9 Å². The van der Waals surface area contributed by atoms with E-state index < -0.39 is 11.9 Å². The van der Waals surface area contributed by atoms with E-state index in [1.807, 2.05) is 6.07 Å². The lowest BCUT2D eigenvalue weighted by molar-refractivity contribution is -0.133. The third-order valence-corrected chi connectivity index (χ3v) is 5.07. The summed E-state index contributed by atoms with van der Waals surface area (Å²) in [7, 11) is 0. The lowest BCUT2D eigenvalue weighted by Gasteiger charge is -2.13. The Labute approximate surface area is 130 Å². The fourth-order valence-electron chi connectivity index (χ4n) is 2.69. The van der Waals surface area contributed by atoms with Crippen LogP contribution in [0.25, 0.3) is 0 Å². The molecule has 2 aliphatic rings. The molecule has 0 fully saturated rings. The van der Waals surface area contributed by atoms with E-state index in [0.717, 1.165) is 37.0 Å². The molecule has 1 aromatic heterocycles. The second-order valence-electron chi connectivity index (χ2n) is 5.29. The highest BCUT2D eigenvalue weighted by atomic mass is 32.2.